The summed E-state index contributed by atoms with van der Waals surface area (Å²) < 4.78 is 5.29. The van der Waals surface area contributed by atoms with Crippen molar-refractivity contribution in [3.05, 3.63) is 47.4 Å². The molecule has 1 aliphatic rings. The number of H-pyrrole nitrogens is 1. The van der Waals surface area contributed by atoms with Crippen molar-refractivity contribution in [2.75, 3.05) is 13.1 Å². The Kier molecular flexibility index (Phi) is 3.65. The van der Waals surface area contributed by atoms with Gasteiger partial charge in [-0.05, 0) is 44.5 Å². The second kappa shape index (κ2) is 5.81. The second-order valence-electron chi connectivity index (χ2n) is 6.50. The van der Waals surface area contributed by atoms with Crippen LogP contribution in [0.25, 0.3) is 11.0 Å². The fourth-order valence-electron chi connectivity index (χ4n) is 3.46. The molecule has 0 saturated carbocycles. The fraction of sp³-hybridized carbons (Fsp3) is 0.444. The van der Waals surface area contributed by atoms with E-state index in [0.717, 1.165) is 60.9 Å². The summed E-state index contributed by atoms with van der Waals surface area (Å²) in [5, 5.41) is 0. The van der Waals surface area contributed by atoms with Gasteiger partial charge in [-0.15, -0.1) is 0 Å². The molecule has 0 bridgehead atoms. The van der Waals surface area contributed by atoms with Gasteiger partial charge >= 0.3 is 0 Å². The van der Waals surface area contributed by atoms with E-state index in [4.69, 9.17) is 9.40 Å². The summed E-state index contributed by atoms with van der Waals surface area (Å²) in [7, 11) is 0. The number of fused-ring (bicyclic) bond motifs is 1. The van der Waals surface area contributed by atoms with Gasteiger partial charge in [-0.1, -0.05) is 12.1 Å². The average molecular weight is 310 g/mol. The normalized spacial score (nSPS) is 17.1. The lowest BCUT2D eigenvalue weighted by atomic mass is 9.96. The Hall–Kier alpha value is -2.14. The third-order valence-electron chi connectivity index (χ3n) is 4.76. The zero-order chi connectivity index (χ0) is 15.8. The molecule has 1 aliphatic heterocycles. The molecule has 3 aromatic rings. The van der Waals surface area contributed by atoms with E-state index in [-0.39, 0.29) is 0 Å². The van der Waals surface area contributed by atoms with Crippen LogP contribution in [0.3, 0.4) is 0 Å². The van der Waals surface area contributed by atoms with Gasteiger partial charge < -0.3 is 9.40 Å². The lowest BCUT2D eigenvalue weighted by Crippen LogP contribution is -2.32. The van der Waals surface area contributed by atoms with E-state index in [1.807, 2.05) is 6.92 Å². The van der Waals surface area contributed by atoms with E-state index in [2.05, 4.69) is 40.0 Å². The first-order valence-electron chi connectivity index (χ1n) is 8.27. The molecule has 1 aromatic carbocycles. The summed E-state index contributed by atoms with van der Waals surface area (Å²) in [6.45, 7) is 7.04. The molecule has 5 nitrogen and oxygen atoms in total. The van der Waals surface area contributed by atoms with Crippen LogP contribution >= 0.6 is 0 Å². The zero-order valence-electron chi connectivity index (χ0n) is 13.7. The van der Waals surface area contributed by atoms with Crippen LogP contribution in [-0.4, -0.2) is 32.9 Å². The minimum Gasteiger partial charge on any atom is -0.449 e. The average Bonchev–Trinajstić information content (AvgIpc) is 3.15. The van der Waals surface area contributed by atoms with E-state index in [9.17, 15) is 0 Å². The molecular formula is C18H22N4O. The van der Waals surface area contributed by atoms with E-state index >= 15 is 0 Å². The van der Waals surface area contributed by atoms with E-state index in [1.54, 1.807) is 6.26 Å². The molecule has 5 heteroatoms. The number of imidazole rings is 1. The monoisotopic (exact) mass is 310 g/mol. The molecule has 0 unspecified atom stereocenters. The molecule has 4 rings (SSSR count). The molecule has 2 aromatic heterocycles. The summed E-state index contributed by atoms with van der Waals surface area (Å²) in [6.07, 6.45) is 4.04. The standard InChI is InChI=1S/C18H22N4O/c1-12-4-3-5-16-17(12)21-18(20-16)14-6-8-22(9-7-14)10-15-11-23-13(2)19-15/h3-5,11,14H,6-10H2,1-2H3,(H,20,21). The summed E-state index contributed by atoms with van der Waals surface area (Å²) in [5.74, 6) is 2.41. The molecule has 0 atom stereocenters. The number of nitrogens with zero attached hydrogens (tertiary/aromatic N) is 3. The van der Waals surface area contributed by atoms with Crippen molar-refractivity contribution < 1.29 is 4.42 Å². The topological polar surface area (TPSA) is 58.0 Å². The third kappa shape index (κ3) is 2.88. The quantitative estimate of drug-likeness (QED) is 0.804. The lowest BCUT2D eigenvalue weighted by Gasteiger charge is -2.30. The van der Waals surface area contributed by atoms with Crippen molar-refractivity contribution in [1.82, 2.24) is 19.9 Å². The number of rotatable bonds is 3. The van der Waals surface area contributed by atoms with Gasteiger partial charge in [-0.3, -0.25) is 4.90 Å². The van der Waals surface area contributed by atoms with Crippen molar-refractivity contribution in [3.8, 4) is 0 Å². The zero-order valence-corrected chi connectivity index (χ0v) is 13.7. The number of benzene rings is 1. The van der Waals surface area contributed by atoms with Crippen LogP contribution in [0, 0.1) is 13.8 Å². The molecule has 1 fully saturated rings. The van der Waals surface area contributed by atoms with Gasteiger partial charge in [0.15, 0.2) is 5.89 Å². The second-order valence-corrected chi connectivity index (χ2v) is 6.50. The molecule has 120 valence electrons. The number of likely N-dealkylation sites (tertiary alicyclic amines) is 1. The van der Waals surface area contributed by atoms with E-state index < -0.39 is 0 Å². The summed E-state index contributed by atoms with van der Waals surface area (Å²) in [5.41, 5.74) is 4.53. The van der Waals surface area contributed by atoms with Crippen LogP contribution in [0.1, 0.15) is 41.7 Å². The number of aryl methyl sites for hydroxylation is 2. The summed E-state index contributed by atoms with van der Waals surface area (Å²) in [6, 6.07) is 6.32. The molecule has 23 heavy (non-hydrogen) atoms. The Morgan fingerprint density at radius 3 is 2.74 bits per heavy atom. The Balaban J connectivity index is 1.43. The van der Waals surface area contributed by atoms with Crippen molar-refractivity contribution in [3.63, 3.8) is 0 Å². The van der Waals surface area contributed by atoms with Gasteiger partial charge in [0.1, 0.15) is 12.1 Å². The number of hydrogen-bond donors (Lipinski definition) is 1. The highest BCUT2D eigenvalue weighted by atomic mass is 16.3. The van der Waals surface area contributed by atoms with Crippen molar-refractivity contribution >= 4 is 11.0 Å². The highest BCUT2D eigenvalue weighted by molar-refractivity contribution is 5.78. The SMILES string of the molecule is Cc1nc(CN2CCC(c3nc4c(C)cccc4[nH]3)CC2)co1. The van der Waals surface area contributed by atoms with Gasteiger partial charge in [0.05, 0.1) is 16.7 Å². The summed E-state index contributed by atoms with van der Waals surface area (Å²) in [4.78, 5) is 15.2. The number of aromatic amines is 1. The number of piperidine rings is 1. The molecular weight excluding hydrogens is 288 g/mol. The van der Waals surface area contributed by atoms with Gasteiger partial charge in [0.2, 0.25) is 0 Å². The number of para-hydroxylation sites is 1. The van der Waals surface area contributed by atoms with Gasteiger partial charge in [0, 0.05) is 19.4 Å². The molecule has 0 radical (unpaired) electrons. The van der Waals surface area contributed by atoms with Crippen LogP contribution < -0.4 is 0 Å². The first-order chi connectivity index (χ1) is 11.2. The number of oxazole rings is 1. The smallest absolute Gasteiger partial charge is 0.191 e. The van der Waals surface area contributed by atoms with E-state index in [0.29, 0.717) is 5.92 Å². The van der Waals surface area contributed by atoms with Crippen LogP contribution in [0.4, 0.5) is 0 Å². The first kappa shape index (κ1) is 14.5. The number of nitrogens with one attached hydrogen (secondary N) is 1. The minimum absolute atomic E-state index is 0.525. The van der Waals surface area contributed by atoms with Crippen LogP contribution in [0.5, 0.6) is 0 Å². The van der Waals surface area contributed by atoms with Crippen LogP contribution in [0.15, 0.2) is 28.9 Å². The van der Waals surface area contributed by atoms with Crippen LogP contribution in [0.2, 0.25) is 0 Å². The Morgan fingerprint density at radius 2 is 2.04 bits per heavy atom. The maximum atomic E-state index is 5.29. The highest BCUT2D eigenvalue weighted by Gasteiger charge is 2.23. The Morgan fingerprint density at radius 1 is 1.22 bits per heavy atom. The fourth-order valence-corrected chi connectivity index (χ4v) is 3.46. The number of aromatic nitrogens is 3. The predicted octanol–water partition coefficient (Wildman–Crippen LogP) is 3.55. The molecule has 0 aliphatic carbocycles. The Labute approximate surface area is 135 Å². The predicted molar refractivity (Wildman–Crippen MR) is 89.3 cm³/mol. The van der Waals surface area contributed by atoms with Gasteiger partial charge in [0.25, 0.3) is 0 Å². The number of hydrogen-bond acceptors (Lipinski definition) is 4. The summed E-state index contributed by atoms with van der Waals surface area (Å²) >= 11 is 0. The molecule has 0 amide bonds. The largest absolute Gasteiger partial charge is 0.449 e. The van der Waals surface area contributed by atoms with Crippen molar-refractivity contribution in [2.24, 2.45) is 0 Å². The highest BCUT2D eigenvalue weighted by Crippen LogP contribution is 2.29. The van der Waals surface area contributed by atoms with E-state index in [1.165, 1.54) is 5.56 Å². The molecule has 1 N–H and O–H groups in total. The Bertz CT molecular complexity index is 811. The van der Waals surface area contributed by atoms with Crippen molar-refractivity contribution in [1.29, 1.82) is 0 Å². The first-order valence-corrected chi connectivity index (χ1v) is 8.27. The van der Waals surface area contributed by atoms with Gasteiger partial charge in [-0.2, -0.15) is 0 Å². The molecule has 0 spiro atoms. The minimum atomic E-state index is 0.525. The van der Waals surface area contributed by atoms with Crippen molar-refractivity contribution in [2.45, 2.75) is 39.2 Å². The lowest BCUT2D eigenvalue weighted by molar-refractivity contribution is 0.200. The molecule has 1 saturated heterocycles. The van der Waals surface area contributed by atoms with Crippen LogP contribution in [-0.2, 0) is 6.54 Å². The third-order valence-corrected chi connectivity index (χ3v) is 4.76. The molecule has 3 heterocycles. The maximum absolute atomic E-state index is 5.29. The van der Waals surface area contributed by atoms with Gasteiger partial charge in [-0.25, -0.2) is 9.97 Å². The maximum Gasteiger partial charge on any atom is 0.191 e.